The van der Waals surface area contributed by atoms with Gasteiger partial charge in [-0.2, -0.15) is 0 Å². The molecular weight excluding hydrogens is 411 g/mol. The summed E-state index contributed by atoms with van der Waals surface area (Å²) < 4.78 is 1.61. The van der Waals surface area contributed by atoms with Crippen LogP contribution in [-0.2, 0) is 20.4 Å². The van der Waals surface area contributed by atoms with Crippen molar-refractivity contribution in [3.8, 4) is 0 Å². The van der Waals surface area contributed by atoms with E-state index in [9.17, 15) is 0 Å². The molecule has 1 aromatic carbocycles. The molecule has 0 saturated heterocycles. The van der Waals surface area contributed by atoms with E-state index in [2.05, 4.69) is 66.3 Å². The number of aryl methyl sites for hydroxylation is 2. The van der Waals surface area contributed by atoms with Crippen LogP contribution in [0.5, 0.6) is 0 Å². The van der Waals surface area contributed by atoms with Crippen molar-refractivity contribution in [3.63, 3.8) is 0 Å². The minimum absolute atomic E-state index is 0. The van der Waals surface area contributed by atoms with Crippen LogP contribution in [-0.4, -0.2) is 9.52 Å². The number of unbranched alkanes of at least 4 members (excludes halogenated alkanes) is 2. The van der Waals surface area contributed by atoms with Gasteiger partial charge >= 0.3 is 144 Å². The van der Waals surface area contributed by atoms with Gasteiger partial charge < -0.3 is 37.2 Å². The average molecular weight is 438 g/mol. The molecule has 0 unspecified atom stereocenters. The number of allylic oxidation sites excluding steroid dienone is 4. The zero-order valence-corrected chi connectivity index (χ0v) is 20.4. The number of halogens is 3. The topological polar surface area (TPSA) is 0 Å². The summed E-state index contributed by atoms with van der Waals surface area (Å²) in [6.45, 7) is 9.09. The first-order valence-corrected chi connectivity index (χ1v) is 10.4. The van der Waals surface area contributed by atoms with Gasteiger partial charge in [-0.05, 0) is 0 Å². The second kappa shape index (κ2) is 12.8. The molecule has 132 valence electrons. The van der Waals surface area contributed by atoms with Crippen LogP contribution >= 0.6 is 0 Å². The van der Waals surface area contributed by atoms with E-state index in [1.165, 1.54) is 43.2 Å². The number of rotatable bonds is 6. The van der Waals surface area contributed by atoms with Crippen molar-refractivity contribution in [2.75, 3.05) is 0 Å². The van der Waals surface area contributed by atoms with Crippen LogP contribution in [0.25, 0.3) is 0 Å². The fourth-order valence-electron chi connectivity index (χ4n) is 3.33. The molecule has 0 saturated carbocycles. The first kappa shape index (κ1) is 26.7. The van der Waals surface area contributed by atoms with Gasteiger partial charge in [-0.3, -0.25) is 0 Å². The average Bonchev–Trinajstić information content (AvgIpc) is 2.66. The largest absolute Gasteiger partial charge is 1.00 e. The van der Waals surface area contributed by atoms with Crippen LogP contribution in [0.4, 0.5) is 0 Å². The summed E-state index contributed by atoms with van der Waals surface area (Å²) in [6.07, 6.45) is 6.67. The smallest absolute Gasteiger partial charge is 1.00 e. The molecule has 0 N–H and O–H groups in total. The number of benzene rings is 1. The van der Waals surface area contributed by atoms with E-state index in [-0.39, 0.29) is 46.7 Å². The predicted molar refractivity (Wildman–Crippen MR) is 92.6 cm³/mol. The molecule has 0 aromatic heterocycles. The third-order valence-electron chi connectivity index (χ3n) is 4.47. The third kappa shape index (κ3) is 7.40. The van der Waals surface area contributed by atoms with Gasteiger partial charge in [-0.1, -0.05) is 0 Å². The molecule has 0 radical (unpaired) electrons. The van der Waals surface area contributed by atoms with E-state index >= 15 is 0 Å². The Kier molecular flexibility index (Phi) is 14.2. The van der Waals surface area contributed by atoms with E-state index in [0.29, 0.717) is 0 Å². The monoisotopic (exact) mass is 436 g/mol. The maximum absolute atomic E-state index is 2.41. The van der Waals surface area contributed by atoms with Gasteiger partial charge in [0.2, 0.25) is 0 Å². The second-order valence-electron chi connectivity index (χ2n) is 6.51. The summed E-state index contributed by atoms with van der Waals surface area (Å²) in [5, 5.41) is 3.40. The fourth-order valence-corrected chi connectivity index (χ4v) is 6.43. The summed E-state index contributed by atoms with van der Waals surface area (Å²) in [6, 6.07) is 7.10. The Morgan fingerprint density at radius 2 is 1.54 bits per heavy atom. The molecule has 1 aromatic rings. The van der Waals surface area contributed by atoms with Crippen LogP contribution in [0.15, 0.2) is 38.4 Å². The van der Waals surface area contributed by atoms with Gasteiger partial charge in [0.05, 0.1) is 0 Å². The second-order valence-corrected chi connectivity index (χ2v) is 9.32. The first-order valence-electron chi connectivity index (χ1n) is 8.21. The Morgan fingerprint density at radius 1 is 0.958 bits per heavy atom. The fraction of sp³-hybridized carbons (Fsp3) is 0.474. The van der Waals surface area contributed by atoms with Gasteiger partial charge in [0.15, 0.2) is 0 Å². The summed E-state index contributed by atoms with van der Waals surface area (Å²) >= 11 is 2.35. The van der Waals surface area contributed by atoms with E-state index in [1.807, 2.05) is 0 Å². The maximum Gasteiger partial charge on any atom is -1.00 e. The molecule has 0 fully saturated rings. The van der Waals surface area contributed by atoms with Gasteiger partial charge in [-0.25, -0.2) is 0 Å². The minimum atomic E-state index is -0.279. The Hall–Kier alpha value is 0.501. The van der Waals surface area contributed by atoms with Crippen molar-refractivity contribution in [2.45, 2.75) is 59.8 Å². The minimum Gasteiger partial charge on any atom is -1.00 e. The van der Waals surface area contributed by atoms with Crippen LogP contribution in [0.1, 0.15) is 57.1 Å². The zero-order chi connectivity index (χ0) is 15.4. The molecule has 0 amide bonds. The number of hydrogen-bond acceptors (Lipinski definition) is 0. The maximum atomic E-state index is 2.41. The van der Waals surface area contributed by atoms with Gasteiger partial charge in [0.25, 0.3) is 0 Å². The number of hydrogen-bond donors (Lipinski definition) is 0. The molecule has 0 heterocycles. The third-order valence-corrected chi connectivity index (χ3v) is 7.63. The zero-order valence-electron chi connectivity index (χ0n) is 15.1. The summed E-state index contributed by atoms with van der Waals surface area (Å²) in [5.41, 5.74) is 6.18. The van der Waals surface area contributed by atoms with Crippen LogP contribution < -0.4 is 42.4 Å². The standard InChI is InChI=1S/C19H27Si.3ClH.Ti/c1-5-6-7-8-17-12-16(4)19(13-17)20-18-10-14(2)9-15(3)11-18;;;;/h9-11H,5-8,13,20H2,1-4H3;3*1H;/q;;;;+3/p-3. The van der Waals surface area contributed by atoms with Crippen molar-refractivity contribution in [3.05, 3.63) is 49.5 Å². The SMILES string of the molecule is CCCCCC1=[C]([Ti+3])C(C)=C([SiH2]c2cc(C)cc(C)c2)C1.[Cl-].[Cl-].[Cl-]. The molecule has 0 atom stereocenters. The molecular formula is C19H27Cl3SiTi. The summed E-state index contributed by atoms with van der Waals surface area (Å²) in [4.78, 5) is 0. The molecule has 0 bridgehead atoms. The van der Waals surface area contributed by atoms with Crippen LogP contribution in [0, 0.1) is 13.8 Å². The molecule has 24 heavy (non-hydrogen) atoms. The van der Waals surface area contributed by atoms with Crippen LogP contribution in [0.3, 0.4) is 0 Å². The van der Waals surface area contributed by atoms with Crippen molar-refractivity contribution in [2.24, 2.45) is 0 Å². The first-order chi connectivity index (χ1) is 10.0. The van der Waals surface area contributed by atoms with E-state index in [1.54, 1.807) is 25.4 Å². The Balaban J connectivity index is 0. The van der Waals surface area contributed by atoms with E-state index in [0.717, 1.165) is 0 Å². The molecule has 2 rings (SSSR count). The summed E-state index contributed by atoms with van der Waals surface area (Å²) in [5.74, 6) is 0. The van der Waals surface area contributed by atoms with E-state index < -0.39 is 0 Å². The van der Waals surface area contributed by atoms with Gasteiger partial charge in [-0.15, -0.1) is 0 Å². The molecule has 1 aliphatic carbocycles. The molecule has 0 spiro atoms. The molecule has 5 heteroatoms. The van der Waals surface area contributed by atoms with Crippen molar-refractivity contribution in [1.29, 1.82) is 0 Å². The van der Waals surface area contributed by atoms with Gasteiger partial charge in [0, 0.05) is 0 Å². The Labute approximate surface area is 180 Å². The van der Waals surface area contributed by atoms with Crippen molar-refractivity contribution < 1.29 is 57.7 Å². The molecule has 0 aliphatic heterocycles. The normalized spacial score (nSPS) is 13.9. The molecule has 1 aliphatic rings. The van der Waals surface area contributed by atoms with Crippen molar-refractivity contribution >= 4 is 14.7 Å². The quantitative estimate of drug-likeness (QED) is 0.310. The summed E-state index contributed by atoms with van der Waals surface area (Å²) in [7, 11) is -0.279. The Bertz CT molecular complexity index is 574. The van der Waals surface area contributed by atoms with Crippen LogP contribution in [0.2, 0.25) is 0 Å². The molecule has 0 nitrogen and oxygen atoms in total. The Morgan fingerprint density at radius 3 is 2.08 bits per heavy atom. The van der Waals surface area contributed by atoms with Gasteiger partial charge in [0.1, 0.15) is 0 Å². The van der Waals surface area contributed by atoms with E-state index in [4.69, 9.17) is 0 Å². The predicted octanol–water partition coefficient (Wildman–Crippen LogP) is -4.83. The van der Waals surface area contributed by atoms with Crippen molar-refractivity contribution in [1.82, 2.24) is 0 Å².